The summed E-state index contributed by atoms with van der Waals surface area (Å²) in [5.41, 5.74) is 2.74. The monoisotopic (exact) mass is 374 g/mol. The average Bonchev–Trinajstić information content (AvgIpc) is 3.11. The van der Waals surface area contributed by atoms with Crippen LogP contribution in [-0.4, -0.2) is 30.2 Å². The molecule has 2 N–H and O–H groups in total. The van der Waals surface area contributed by atoms with Crippen molar-refractivity contribution in [2.45, 2.75) is 19.9 Å². The molecule has 0 saturated heterocycles. The van der Waals surface area contributed by atoms with Crippen molar-refractivity contribution in [2.24, 2.45) is 0 Å². The van der Waals surface area contributed by atoms with Crippen LogP contribution in [0, 0.1) is 6.92 Å². The van der Waals surface area contributed by atoms with Crippen molar-refractivity contribution in [2.75, 3.05) is 0 Å². The molecular weight excluding hydrogens is 356 g/mol. The van der Waals surface area contributed by atoms with Crippen molar-refractivity contribution in [1.29, 1.82) is 0 Å². The Kier molecular flexibility index (Phi) is 4.44. The molecule has 1 amide bonds. The van der Waals surface area contributed by atoms with Crippen molar-refractivity contribution in [3.8, 4) is 11.5 Å². The number of aromatic nitrogens is 5. The van der Waals surface area contributed by atoms with Gasteiger partial charge in [-0.3, -0.25) is 14.6 Å². The Morgan fingerprint density at radius 2 is 2.07 bits per heavy atom. The number of aryl methyl sites for hydroxylation is 1. The van der Waals surface area contributed by atoms with E-state index < -0.39 is 6.04 Å². The highest BCUT2D eigenvalue weighted by Crippen LogP contribution is 2.14. The first-order valence-corrected chi connectivity index (χ1v) is 8.78. The first-order chi connectivity index (χ1) is 13.5. The number of fused-ring (bicyclic) bond motifs is 1. The first-order valence-electron chi connectivity index (χ1n) is 8.78. The third-order valence-corrected chi connectivity index (χ3v) is 4.31. The van der Waals surface area contributed by atoms with E-state index in [2.05, 4.69) is 25.3 Å². The molecule has 4 aromatic heterocycles. The predicted octanol–water partition coefficient (Wildman–Crippen LogP) is 2.28. The highest BCUT2D eigenvalue weighted by atomic mass is 16.2. The molecule has 8 nitrogen and oxygen atoms in total. The SMILES string of the molecule is Cc1ccn2cc(C(=O)NC(C)c3cc(=O)[nH]c(-c4ccccn4)n3)nc2c1. The van der Waals surface area contributed by atoms with Gasteiger partial charge in [-0.2, -0.15) is 0 Å². The molecule has 4 aromatic rings. The molecule has 1 unspecified atom stereocenters. The largest absolute Gasteiger partial charge is 0.343 e. The lowest BCUT2D eigenvalue weighted by Gasteiger charge is -2.13. The van der Waals surface area contributed by atoms with E-state index in [1.807, 2.05) is 31.3 Å². The van der Waals surface area contributed by atoms with Gasteiger partial charge in [-0.05, 0) is 43.7 Å². The smallest absolute Gasteiger partial charge is 0.272 e. The molecule has 8 heteroatoms. The molecule has 0 aliphatic carbocycles. The molecule has 0 fully saturated rings. The molecule has 0 aliphatic heterocycles. The summed E-state index contributed by atoms with van der Waals surface area (Å²) in [6.45, 7) is 3.73. The van der Waals surface area contributed by atoms with Crippen LogP contribution in [0.4, 0.5) is 0 Å². The topological polar surface area (TPSA) is 105 Å². The molecule has 4 heterocycles. The zero-order valence-corrected chi connectivity index (χ0v) is 15.4. The van der Waals surface area contributed by atoms with Crippen LogP contribution in [0.2, 0.25) is 0 Å². The maximum absolute atomic E-state index is 12.6. The molecule has 0 aromatic carbocycles. The zero-order valence-electron chi connectivity index (χ0n) is 15.4. The number of amides is 1. The number of hydrogen-bond acceptors (Lipinski definition) is 5. The summed E-state index contributed by atoms with van der Waals surface area (Å²) in [6, 6.07) is 10.1. The van der Waals surface area contributed by atoms with Crippen LogP contribution in [-0.2, 0) is 0 Å². The summed E-state index contributed by atoms with van der Waals surface area (Å²) in [5, 5.41) is 2.84. The van der Waals surface area contributed by atoms with Gasteiger partial charge in [0.25, 0.3) is 11.5 Å². The fraction of sp³-hybridized carbons (Fsp3) is 0.150. The summed E-state index contributed by atoms with van der Waals surface area (Å²) >= 11 is 0. The number of carbonyl (C=O) groups is 1. The Labute approximate surface area is 160 Å². The van der Waals surface area contributed by atoms with E-state index in [0.29, 0.717) is 28.6 Å². The molecule has 1 atom stereocenters. The van der Waals surface area contributed by atoms with Crippen LogP contribution < -0.4 is 10.9 Å². The van der Waals surface area contributed by atoms with Gasteiger partial charge in [-0.1, -0.05) is 6.07 Å². The van der Waals surface area contributed by atoms with Gasteiger partial charge in [0.15, 0.2) is 5.82 Å². The number of nitrogens with one attached hydrogen (secondary N) is 2. The normalized spacial score (nSPS) is 12.1. The Balaban J connectivity index is 1.59. The van der Waals surface area contributed by atoms with Crippen molar-refractivity contribution >= 4 is 11.6 Å². The lowest BCUT2D eigenvalue weighted by molar-refractivity contribution is 0.0934. The minimum Gasteiger partial charge on any atom is -0.343 e. The van der Waals surface area contributed by atoms with Gasteiger partial charge in [0.05, 0.1) is 11.7 Å². The Morgan fingerprint density at radius 3 is 2.86 bits per heavy atom. The fourth-order valence-electron chi connectivity index (χ4n) is 2.86. The van der Waals surface area contributed by atoms with Gasteiger partial charge in [-0.25, -0.2) is 9.97 Å². The van der Waals surface area contributed by atoms with Gasteiger partial charge < -0.3 is 14.7 Å². The van der Waals surface area contributed by atoms with Crippen LogP contribution in [0.1, 0.15) is 34.7 Å². The standard InChI is InChI=1S/C20H18N6O2/c1-12-6-8-26-11-16(23-17(26)9-12)20(28)22-13(2)15-10-18(27)25-19(24-15)14-5-3-4-7-21-14/h3-11,13H,1-2H3,(H,22,28)(H,24,25,27). The molecule has 0 aliphatic rings. The lowest BCUT2D eigenvalue weighted by atomic mass is 10.2. The second-order valence-corrected chi connectivity index (χ2v) is 6.52. The second-order valence-electron chi connectivity index (χ2n) is 6.52. The molecule has 140 valence electrons. The summed E-state index contributed by atoms with van der Waals surface area (Å²) in [7, 11) is 0. The number of nitrogens with zero attached hydrogens (tertiary/aromatic N) is 4. The molecule has 28 heavy (non-hydrogen) atoms. The van der Waals surface area contributed by atoms with Gasteiger partial charge in [0, 0.05) is 24.7 Å². The van der Waals surface area contributed by atoms with Crippen molar-refractivity contribution in [3.05, 3.63) is 82.3 Å². The van der Waals surface area contributed by atoms with Gasteiger partial charge in [-0.15, -0.1) is 0 Å². The van der Waals surface area contributed by atoms with Crippen molar-refractivity contribution in [1.82, 2.24) is 29.7 Å². The second kappa shape index (κ2) is 7.07. The van der Waals surface area contributed by atoms with Gasteiger partial charge in [0.1, 0.15) is 17.0 Å². The van der Waals surface area contributed by atoms with Gasteiger partial charge >= 0.3 is 0 Å². The van der Waals surface area contributed by atoms with Crippen LogP contribution in [0.5, 0.6) is 0 Å². The average molecular weight is 374 g/mol. The minimum absolute atomic E-state index is 0.298. The number of rotatable bonds is 4. The number of pyridine rings is 2. The van der Waals surface area contributed by atoms with Crippen LogP contribution in [0.25, 0.3) is 17.2 Å². The summed E-state index contributed by atoms with van der Waals surface area (Å²) in [5.74, 6) is 0.0164. The highest BCUT2D eigenvalue weighted by molar-refractivity contribution is 5.93. The Bertz CT molecular complexity index is 1210. The number of hydrogen-bond donors (Lipinski definition) is 2. The first kappa shape index (κ1) is 17.6. The predicted molar refractivity (Wildman–Crippen MR) is 104 cm³/mol. The fourth-order valence-corrected chi connectivity index (χ4v) is 2.86. The highest BCUT2D eigenvalue weighted by Gasteiger charge is 2.17. The van der Waals surface area contributed by atoms with E-state index in [4.69, 9.17) is 0 Å². The Hall–Kier alpha value is -3.81. The molecule has 0 bridgehead atoms. The summed E-state index contributed by atoms with van der Waals surface area (Å²) in [4.78, 5) is 40.3. The molecule has 0 radical (unpaired) electrons. The van der Waals surface area contributed by atoms with Gasteiger partial charge in [0.2, 0.25) is 0 Å². The number of aromatic amines is 1. The van der Waals surface area contributed by atoms with E-state index >= 15 is 0 Å². The summed E-state index contributed by atoms with van der Waals surface area (Å²) in [6.07, 6.45) is 5.15. The number of H-pyrrole nitrogens is 1. The number of carbonyl (C=O) groups excluding carboxylic acids is 1. The van der Waals surface area contributed by atoms with Crippen LogP contribution in [0.3, 0.4) is 0 Å². The van der Waals surface area contributed by atoms with Crippen LogP contribution in [0.15, 0.2) is 59.8 Å². The van der Waals surface area contributed by atoms with Crippen molar-refractivity contribution in [3.63, 3.8) is 0 Å². The van der Waals surface area contributed by atoms with E-state index in [1.54, 1.807) is 35.9 Å². The van der Waals surface area contributed by atoms with Crippen molar-refractivity contribution < 1.29 is 4.79 Å². The molecule has 4 rings (SSSR count). The maximum Gasteiger partial charge on any atom is 0.272 e. The minimum atomic E-state index is -0.483. The molecule has 0 saturated carbocycles. The maximum atomic E-state index is 12.6. The third kappa shape index (κ3) is 3.52. The molecular formula is C20H18N6O2. The third-order valence-electron chi connectivity index (χ3n) is 4.31. The van der Waals surface area contributed by atoms with E-state index in [9.17, 15) is 9.59 Å². The summed E-state index contributed by atoms with van der Waals surface area (Å²) < 4.78 is 1.79. The molecule has 0 spiro atoms. The van der Waals surface area contributed by atoms with E-state index in [-0.39, 0.29) is 11.5 Å². The number of imidazole rings is 1. The zero-order chi connectivity index (χ0) is 19.7. The lowest BCUT2D eigenvalue weighted by Crippen LogP contribution is -2.28. The Morgan fingerprint density at radius 1 is 1.21 bits per heavy atom. The van der Waals surface area contributed by atoms with Crippen LogP contribution >= 0.6 is 0 Å². The quantitative estimate of drug-likeness (QED) is 0.570. The van der Waals surface area contributed by atoms with E-state index in [0.717, 1.165) is 5.56 Å². The van der Waals surface area contributed by atoms with E-state index in [1.165, 1.54) is 6.07 Å².